The highest BCUT2D eigenvalue weighted by Gasteiger charge is 2.10. The standard InChI is InChI=1S/C14H26N4O2S2/c1-6-15-14(17-10(2)7-8-22(5,19)20)16-9-13-18-11(3)12(4)21-13/h10H,6-9H2,1-5H3,(H2,15,16,17). The lowest BCUT2D eigenvalue weighted by molar-refractivity contribution is 0.581. The highest BCUT2D eigenvalue weighted by Crippen LogP contribution is 2.16. The first-order valence-electron chi connectivity index (χ1n) is 7.36. The molecule has 2 N–H and O–H groups in total. The lowest BCUT2D eigenvalue weighted by Gasteiger charge is -2.17. The van der Waals surface area contributed by atoms with Crippen molar-refractivity contribution < 1.29 is 8.42 Å². The molecule has 0 fully saturated rings. The van der Waals surface area contributed by atoms with Gasteiger partial charge in [-0.05, 0) is 34.1 Å². The van der Waals surface area contributed by atoms with E-state index in [1.165, 1.54) is 11.1 Å². The topological polar surface area (TPSA) is 83.4 Å². The Kier molecular flexibility index (Phi) is 7.28. The summed E-state index contributed by atoms with van der Waals surface area (Å²) < 4.78 is 22.4. The van der Waals surface area contributed by atoms with E-state index in [-0.39, 0.29) is 11.8 Å². The number of nitrogens with zero attached hydrogens (tertiary/aromatic N) is 2. The van der Waals surface area contributed by atoms with Crippen molar-refractivity contribution in [3.8, 4) is 0 Å². The zero-order chi connectivity index (χ0) is 16.8. The number of hydrogen-bond acceptors (Lipinski definition) is 5. The zero-order valence-corrected chi connectivity index (χ0v) is 15.6. The van der Waals surface area contributed by atoms with Crippen molar-refractivity contribution in [1.82, 2.24) is 15.6 Å². The predicted octanol–water partition coefficient (Wildman–Crippen LogP) is 1.64. The van der Waals surface area contributed by atoms with Crippen LogP contribution in [0.2, 0.25) is 0 Å². The molecule has 0 saturated carbocycles. The molecule has 0 aromatic carbocycles. The summed E-state index contributed by atoms with van der Waals surface area (Å²) in [5.74, 6) is 0.861. The van der Waals surface area contributed by atoms with Crippen molar-refractivity contribution in [3.63, 3.8) is 0 Å². The molecule has 8 heteroatoms. The van der Waals surface area contributed by atoms with E-state index in [4.69, 9.17) is 0 Å². The first-order chi connectivity index (χ1) is 10.2. The molecule has 1 unspecified atom stereocenters. The van der Waals surface area contributed by atoms with Crippen LogP contribution in [0.1, 0.15) is 35.8 Å². The van der Waals surface area contributed by atoms with Crippen LogP contribution in [-0.4, -0.2) is 44.0 Å². The fraction of sp³-hybridized carbons (Fsp3) is 0.714. The van der Waals surface area contributed by atoms with E-state index in [2.05, 4.69) is 27.5 Å². The molecule has 0 aliphatic rings. The Labute approximate surface area is 137 Å². The number of thiazole rings is 1. The highest BCUT2D eigenvalue weighted by molar-refractivity contribution is 7.90. The maximum absolute atomic E-state index is 11.2. The third kappa shape index (κ3) is 7.22. The third-order valence-electron chi connectivity index (χ3n) is 3.09. The van der Waals surface area contributed by atoms with Crippen molar-refractivity contribution in [2.75, 3.05) is 18.6 Å². The van der Waals surface area contributed by atoms with Gasteiger partial charge in [0.25, 0.3) is 0 Å². The van der Waals surface area contributed by atoms with Crippen LogP contribution in [0.5, 0.6) is 0 Å². The minimum atomic E-state index is -2.93. The molecule has 0 radical (unpaired) electrons. The van der Waals surface area contributed by atoms with Crippen LogP contribution in [0.4, 0.5) is 0 Å². The molecule has 0 aliphatic carbocycles. The molecule has 1 aromatic heterocycles. The van der Waals surface area contributed by atoms with Crippen LogP contribution >= 0.6 is 11.3 Å². The van der Waals surface area contributed by atoms with Crippen LogP contribution in [-0.2, 0) is 16.4 Å². The number of aryl methyl sites for hydroxylation is 2. The molecule has 1 atom stereocenters. The van der Waals surface area contributed by atoms with Gasteiger partial charge in [-0.3, -0.25) is 0 Å². The van der Waals surface area contributed by atoms with Gasteiger partial charge in [0.1, 0.15) is 14.8 Å². The van der Waals surface area contributed by atoms with Gasteiger partial charge in [-0.2, -0.15) is 0 Å². The van der Waals surface area contributed by atoms with Crippen molar-refractivity contribution in [3.05, 3.63) is 15.6 Å². The van der Waals surface area contributed by atoms with Crippen LogP contribution in [0.25, 0.3) is 0 Å². The number of hydrogen-bond donors (Lipinski definition) is 2. The van der Waals surface area contributed by atoms with E-state index in [1.54, 1.807) is 11.3 Å². The molecule has 1 heterocycles. The molecule has 0 amide bonds. The van der Waals surface area contributed by atoms with Crippen molar-refractivity contribution >= 4 is 27.1 Å². The maximum Gasteiger partial charge on any atom is 0.191 e. The lowest BCUT2D eigenvalue weighted by Crippen LogP contribution is -2.42. The monoisotopic (exact) mass is 346 g/mol. The van der Waals surface area contributed by atoms with Gasteiger partial charge in [-0.15, -0.1) is 11.3 Å². The Balaban J connectivity index is 2.61. The molecule has 126 valence electrons. The van der Waals surface area contributed by atoms with Gasteiger partial charge in [0.15, 0.2) is 5.96 Å². The van der Waals surface area contributed by atoms with Crippen LogP contribution in [0.15, 0.2) is 4.99 Å². The lowest BCUT2D eigenvalue weighted by atomic mass is 10.3. The van der Waals surface area contributed by atoms with E-state index in [9.17, 15) is 8.42 Å². The third-order valence-corrected chi connectivity index (χ3v) is 5.13. The van der Waals surface area contributed by atoms with Gasteiger partial charge in [0.2, 0.25) is 0 Å². The number of sulfone groups is 1. The number of rotatable bonds is 7. The number of nitrogens with one attached hydrogen (secondary N) is 2. The first-order valence-corrected chi connectivity index (χ1v) is 10.2. The summed E-state index contributed by atoms with van der Waals surface area (Å²) >= 11 is 1.65. The first kappa shape index (κ1) is 18.9. The molecule has 1 rings (SSSR count). The number of aliphatic imine (C=N–C) groups is 1. The fourth-order valence-electron chi connectivity index (χ4n) is 1.77. The van der Waals surface area contributed by atoms with E-state index < -0.39 is 9.84 Å². The summed E-state index contributed by atoms with van der Waals surface area (Å²) in [4.78, 5) is 10.2. The summed E-state index contributed by atoms with van der Waals surface area (Å²) in [5, 5.41) is 7.38. The summed E-state index contributed by atoms with van der Waals surface area (Å²) in [6, 6.07) is 0.0345. The van der Waals surface area contributed by atoms with Gasteiger partial charge in [-0.25, -0.2) is 18.4 Å². The van der Waals surface area contributed by atoms with Crippen molar-refractivity contribution in [1.29, 1.82) is 0 Å². The average molecular weight is 347 g/mol. The molecule has 0 spiro atoms. The van der Waals surface area contributed by atoms with E-state index in [1.807, 2.05) is 20.8 Å². The van der Waals surface area contributed by atoms with Gasteiger partial charge < -0.3 is 10.6 Å². The Morgan fingerprint density at radius 3 is 2.59 bits per heavy atom. The van der Waals surface area contributed by atoms with Crippen LogP contribution < -0.4 is 10.6 Å². The molecule has 6 nitrogen and oxygen atoms in total. The second kappa shape index (κ2) is 8.47. The maximum atomic E-state index is 11.2. The Morgan fingerprint density at radius 1 is 1.41 bits per heavy atom. The van der Waals surface area contributed by atoms with Crippen LogP contribution in [0.3, 0.4) is 0 Å². The SMILES string of the molecule is CCNC(=NCc1nc(C)c(C)s1)NC(C)CCS(C)(=O)=O. The zero-order valence-electron chi connectivity index (χ0n) is 13.9. The van der Waals surface area contributed by atoms with Gasteiger partial charge in [0.05, 0.1) is 18.0 Å². The van der Waals surface area contributed by atoms with E-state index in [0.717, 1.165) is 17.2 Å². The normalized spacial score (nSPS) is 14.0. The summed E-state index contributed by atoms with van der Waals surface area (Å²) in [6.07, 6.45) is 1.81. The second-order valence-electron chi connectivity index (χ2n) is 5.41. The van der Waals surface area contributed by atoms with Crippen molar-refractivity contribution in [2.45, 2.75) is 46.7 Å². The molecule has 0 aliphatic heterocycles. The van der Waals surface area contributed by atoms with Gasteiger partial charge in [0, 0.05) is 23.7 Å². The smallest absolute Gasteiger partial charge is 0.191 e. The Morgan fingerprint density at radius 2 is 2.09 bits per heavy atom. The Hall–Kier alpha value is -1.15. The van der Waals surface area contributed by atoms with Gasteiger partial charge in [-0.1, -0.05) is 0 Å². The number of aromatic nitrogens is 1. The van der Waals surface area contributed by atoms with E-state index in [0.29, 0.717) is 18.9 Å². The van der Waals surface area contributed by atoms with E-state index >= 15 is 0 Å². The second-order valence-corrected chi connectivity index (χ2v) is 8.96. The quantitative estimate of drug-likeness (QED) is 0.579. The molecular formula is C14H26N4O2S2. The fourth-order valence-corrected chi connectivity index (χ4v) is 3.41. The minimum Gasteiger partial charge on any atom is -0.357 e. The molecule has 1 aromatic rings. The van der Waals surface area contributed by atoms with Gasteiger partial charge >= 0.3 is 0 Å². The minimum absolute atomic E-state index is 0.0345. The summed E-state index contributed by atoms with van der Waals surface area (Å²) in [6.45, 7) is 9.27. The molecular weight excluding hydrogens is 320 g/mol. The summed E-state index contributed by atoms with van der Waals surface area (Å²) in [5.41, 5.74) is 1.05. The largest absolute Gasteiger partial charge is 0.357 e. The average Bonchev–Trinajstić information content (AvgIpc) is 2.72. The Bertz CT molecular complexity index is 589. The van der Waals surface area contributed by atoms with Crippen molar-refractivity contribution in [2.24, 2.45) is 4.99 Å². The molecule has 22 heavy (non-hydrogen) atoms. The number of guanidine groups is 1. The predicted molar refractivity (Wildman–Crippen MR) is 93.3 cm³/mol. The van der Waals surface area contributed by atoms with Crippen LogP contribution in [0, 0.1) is 13.8 Å². The highest BCUT2D eigenvalue weighted by atomic mass is 32.2. The molecule has 0 bridgehead atoms. The summed E-state index contributed by atoms with van der Waals surface area (Å²) in [7, 11) is -2.93. The molecule has 0 saturated heterocycles.